The zero-order valence-corrected chi connectivity index (χ0v) is 20.9. The summed E-state index contributed by atoms with van der Waals surface area (Å²) in [6.07, 6.45) is 0.892. The van der Waals surface area contributed by atoms with E-state index >= 15 is 0 Å². The summed E-state index contributed by atoms with van der Waals surface area (Å²) in [4.78, 5) is 28.5. The van der Waals surface area contributed by atoms with Gasteiger partial charge < -0.3 is 19.5 Å². The van der Waals surface area contributed by atoms with Crippen LogP contribution < -0.4 is 25.4 Å². The Labute approximate surface area is 217 Å². The number of carbonyl (C=O) groups is 2. The summed E-state index contributed by atoms with van der Waals surface area (Å²) in [6.45, 7) is 5.54. The van der Waals surface area contributed by atoms with Gasteiger partial charge in [0.15, 0.2) is 11.6 Å². The van der Waals surface area contributed by atoms with Crippen LogP contribution in [0.3, 0.4) is 0 Å². The molecule has 9 nitrogen and oxygen atoms in total. The summed E-state index contributed by atoms with van der Waals surface area (Å²) in [5.41, 5.74) is 0.118. The SMILES string of the molecule is CC(C)(C)OC(=O)Nc1ccc(Oc2ccc(NC(=O)N[C@@H]3[C@@H]4COc5c(F)ccc(F)c5[C@@H]43)nc2)cc1. The van der Waals surface area contributed by atoms with Gasteiger partial charge >= 0.3 is 12.1 Å². The first-order chi connectivity index (χ1) is 18.1. The molecule has 0 bridgehead atoms. The van der Waals surface area contributed by atoms with Gasteiger partial charge in [-0.15, -0.1) is 0 Å². The molecule has 0 spiro atoms. The highest BCUT2D eigenvalue weighted by atomic mass is 19.1. The van der Waals surface area contributed by atoms with Crippen molar-refractivity contribution in [3.8, 4) is 17.2 Å². The second-order valence-corrected chi connectivity index (χ2v) is 10.0. The number of carbonyl (C=O) groups excluding carboxylic acids is 2. The number of amides is 3. The van der Waals surface area contributed by atoms with Crippen LogP contribution in [0.1, 0.15) is 32.3 Å². The van der Waals surface area contributed by atoms with Crippen molar-refractivity contribution in [2.45, 2.75) is 38.3 Å². The van der Waals surface area contributed by atoms with Crippen molar-refractivity contribution >= 4 is 23.6 Å². The quantitative estimate of drug-likeness (QED) is 0.389. The summed E-state index contributed by atoms with van der Waals surface area (Å²) in [5, 5.41) is 8.06. The first-order valence-corrected chi connectivity index (χ1v) is 12.0. The number of fused-ring (bicyclic) bond motifs is 3. The number of pyridine rings is 1. The second kappa shape index (κ2) is 9.81. The Bertz CT molecular complexity index is 1360. The van der Waals surface area contributed by atoms with Gasteiger partial charge in [0.2, 0.25) is 0 Å². The van der Waals surface area contributed by atoms with Gasteiger partial charge in [-0.1, -0.05) is 0 Å². The van der Waals surface area contributed by atoms with Crippen molar-refractivity contribution in [2.75, 3.05) is 17.2 Å². The summed E-state index contributed by atoms with van der Waals surface area (Å²) in [6, 6.07) is 11.1. The van der Waals surface area contributed by atoms with Gasteiger partial charge in [-0.25, -0.2) is 23.4 Å². The van der Waals surface area contributed by atoms with Crippen LogP contribution in [0, 0.1) is 17.6 Å². The molecule has 198 valence electrons. The molecule has 3 atom stereocenters. The maximum Gasteiger partial charge on any atom is 0.412 e. The Balaban J connectivity index is 1.12. The molecule has 2 aliphatic rings. The number of rotatable bonds is 5. The van der Waals surface area contributed by atoms with E-state index in [1.54, 1.807) is 57.2 Å². The topological polar surface area (TPSA) is 111 Å². The fraction of sp³-hybridized carbons (Fsp3) is 0.296. The van der Waals surface area contributed by atoms with E-state index in [0.29, 0.717) is 17.2 Å². The number of benzene rings is 2. The number of aromatic nitrogens is 1. The zero-order valence-electron chi connectivity index (χ0n) is 20.9. The van der Waals surface area contributed by atoms with Gasteiger partial charge in [0.1, 0.15) is 28.7 Å². The van der Waals surface area contributed by atoms with Crippen LogP contribution in [0.15, 0.2) is 54.7 Å². The first-order valence-electron chi connectivity index (χ1n) is 12.0. The number of hydrogen-bond acceptors (Lipinski definition) is 6. The van der Waals surface area contributed by atoms with Crippen molar-refractivity contribution in [1.29, 1.82) is 0 Å². The molecule has 1 aliphatic heterocycles. The largest absolute Gasteiger partial charge is 0.490 e. The molecule has 1 fully saturated rings. The van der Waals surface area contributed by atoms with Crippen LogP contribution in [0.5, 0.6) is 17.2 Å². The van der Waals surface area contributed by atoms with Crippen molar-refractivity contribution in [2.24, 2.45) is 5.92 Å². The maximum atomic E-state index is 14.3. The highest BCUT2D eigenvalue weighted by Gasteiger charge is 2.57. The predicted octanol–water partition coefficient (Wildman–Crippen LogP) is 5.80. The molecule has 3 aromatic rings. The number of nitrogens with one attached hydrogen (secondary N) is 3. The van der Waals surface area contributed by atoms with Crippen LogP contribution >= 0.6 is 0 Å². The molecule has 1 aromatic heterocycles. The lowest BCUT2D eigenvalue weighted by atomic mass is 10.0. The Morgan fingerprint density at radius 3 is 2.37 bits per heavy atom. The van der Waals surface area contributed by atoms with Gasteiger partial charge in [-0.3, -0.25) is 10.6 Å². The third-order valence-electron chi connectivity index (χ3n) is 6.03. The first kappa shape index (κ1) is 25.2. The van der Waals surface area contributed by atoms with E-state index in [4.69, 9.17) is 14.2 Å². The molecule has 3 N–H and O–H groups in total. The number of anilines is 2. The summed E-state index contributed by atoms with van der Waals surface area (Å²) >= 11 is 0. The smallest absolute Gasteiger partial charge is 0.412 e. The van der Waals surface area contributed by atoms with Gasteiger partial charge in [0, 0.05) is 29.1 Å². The molecule has 11 heteroatoms. The molecule has 0 saturated heterocycles. The van der Waals surface area contributed by atoms with Crippen LogP contribution in [0.4, 0.5) is 29.9 Å². The standard InChI is InChI=1S/C27H26F2N4O5/c1-27(2,3)38-26(35)31-14-4-6-15(7-5-14)37-16-8-11-20(30-12-16)32-25(34)33-23-17-13-36-24-19(29)10-9-18(28)22(24)21(17)23/h4-12,17,21,23H,13H2,1-3H3,(H,31,35)(H2,30,32,33,34)/t17-,21-,23-/m1/s1. The van der Waals surface area contributed by atoms with E-state index in [9.17, 15) is 18.4 Å². The summed E-state index contributed by atoms with van der Waals surface area (Å²) < 4.78 is 44.6. The molecule has 38 heavy (non-hydrogen) atoms. The molecule has 0 radical (unpaired) electrons. The molecule has 3 amide bonds. The second-order valence-electron chi connectivity index (χ2n) is 10.0. The van der Waals surface area contributed by atoms with Gasteiger partial charge in [-0.05, 0) is 69.3 Å². The number of nitrogens with zero attached hydrogens (tertiary/aromatic N) is 1. The number of urea groups is 1. The van der Waals surface area contributed by atoms with Crippen molar-refractivity contribution in [3.05, 3.63) is 71.9 Å². The molecular weight excluding hydrogens is 498 g/mol. The van der Waals surface area contributed by atoms with E-state index in [1.807, 2.05) is 0 Å². The lowest BCUT2D eigenvalue weighted by molar-refractivity contribution is 0.0636. The minimum atomic E-state index is -0.616. The normalized spacial score (nSPS) is 19.2. The molecule has 0 unspecified atom stereocenters. The highest BCUT2D eigenvalue weighted by Crippen LogP contribution is 2.55. The van der Waals surface area contributed by atoms with E-state index in [0.717, 1.165) is 12.1 Å². The summed E-state index contributed by atoms with van der Waals surface area (Å²) in [7, 11) is 0. The van der Waals surface area contributed by atoms with Gasteiger partial charge in [-0.2, -0.15) is 0 Å². The predicted molar refractivity (Wildman–Crippen MR) is 135 cm³/mol. The lowest BCUT2D eigenvalue weighted by Gasteiger charge is -2.19. The summed E-state index contributed by atoms with van der Waals surface area (Å²) in [5.74, 6) is -0.479. The average molecular weight is 525 g/mol. The number of hydrogen-bond donors (Lipinski definition) is 3. The maximum absolute atomic E-state index is 14.3. The van der Waals surface area contributed by atoms with Crippen LogP contribution in [0.2, 0.25) is 0 Å². The molecule has 2 heterocycles. The van der Waals surface area contributed by atoms with E-state index in [2.05, 4.69) is 20.9 Å². The fourth-order valence-corrected chi connectivity index (χ4v) is 4.34. The monoisotopic (exact) mass is 524 g/mol. The molecule has 1 aliphatic carbocycles. The van der Waals surface area contributed by atoms with Gasteiger partial charge in [0.25, 0.3) is 0 Å². The Morgan fingerprint density at radius 2 is 1.68 bits per heavy atom. The Kier molecular flexibility index (Phi) is 6.52. The fourth-order valence-electron chi connectivity index (χ4n) is 4.34. The highest BCUT2D eigenvalue weighted by molar-refractivity contribution is 5.89. The Morgan fingerprint density at radius 1 is 0.974 bits per heavy atom. The van der Waals surface area contributed by atoms with E-state index in [-0.39, 0.29) is 41.6 Å². The van der Waals surface area contributed by atoms with E-state index < -0.39 is 29.4 Å². The van der Waals surface area contributed by atoms with E-state index in [1.165, 1.54) is 6.20 Å². The minimum Gasteiger partial charge on any atom is -0.490 e. The van der Waals surface area contributed by atoms with Crippen molar-refractivity contribution in [1.82, 2.24) is 10.3 Å². The molecule has 2 aromatic carbocycles. The van der Waals surface area contributed by atoms with Gasteiger partial charge in [0.05, 0.1) is 12.8 Å². The average Bonchev–Trinajstić information content (AvgIpc) is 3.55. The Hall–Kier alpha value is -4.41. The van der Waals surface area contributed by atoms with Crippen LogP contribution in [-0.4, -0.2) is 35.4 Å². The molecular formula is C27H26F2N4O5. The molecule has 1 saturated carbocycles. The lowest BCUT2D eigenvalue weighted by Crippen LogP contribution is -2.32. The minimum absolute atomic E-state index is 0.0813. The third-order valence-corrected chi connectivity index (χ3v) is 6.03. The zero-order chi connectivity index (χ0) is 27.0. The van der Waals surface area contributed by atoms with Crippen molar-refractivity contribution < 1.29 is 32.6 Å². The van der Waals surface area contributed by atoms with Crippen molar-refractivity contribution in [3.63, 3.8) is 0 Å². The third kappa shape index (κ3) is 5.61. The molecule has 5 rings (SSSR count). The number of ether oxygens (including phenoxy) is 3. The number of halogens is 2. The van der Waals surface area contributed by atoms with Crippen LogP contribution in [-0.2, 0) is 4.74 Å². The van der Waals surface area contributed by atoms with Crippen LogP contribution in [0.25, 0.3) is 0 Å².